The first-order chi connectivity index (χ1) is 23.1. The fourth-order valence-electron chi connectivity index (χ4n) is 8.38. The van der Waals surface area contributed by atoms with Crippen molar-refractivity contribution in [3.8, 4) is 33.6 Å². The van der Waals surface area contributed by atoms with Gasteiger partial charge in [0.15, 0.2) is 0 Å². The molecule has 1 aliphatic rings. The van der Waals surface area contributed by atoms with Gasteiger partial charge in [-0.2, -0.15) is 0 Å². The van der Waals surface area contributed by atoms with E-state index in [-0.39, 0.29) is 5.41 Å². The van der Waals surface area contributed by atoms with Crippen LogP contribution in [0.15, 0.2) is 158 Å². The topological polar surface area (TPSA) is 9.86 Å². The smallest absolute Gasteiger partial charge is 0.0548 e. The Labute approximate surface area is 273 Å². The molecule has 2 heteroatoms. The Morgan fingerprint density at radius 1 is 0.383 bits per heavy atom. The summed E-state index contributed by atoms with van der Waals surface area (Å²) >= 11 is 0. The molecule has 2 heterocycles. The molecule has 10 rings (SSSR count). The first-order valence-electron chi connectivity index (χ1n) is 16.5. The zero-order valence-electron chi connectivity index (χ0n) is 26.4. The minimum Gasteiger partial charge on any atom is -0.309 e. The van der Waals surface area contributed by atoms with E-state index in [0.717, 1.165) is 0 Å². The van der Waals surface area contributed by atoms with Gasteiger partial charge >= 0.3 is 0 Å². The van der Waals surface area contributed by atoms with Crippen molar-refractivity contribution >= 4 is 43.6 Å². The van der Waals surface area contributed by atoms with Gasteiger partial charge in [-0.15, -0.1) is 0 Å². The number of hydrogen-bond donors (Lipinski definition) is 0. The van der Waals surface area contributed by atoms with Crippen LogP contribution in [0.4, 0.5) is 0 Å². The molecule has 0 saturated carbocycles. The van der Waals surface area contributed by atoms with Gasteiger partial charge in [-0.05, 0) is 88.0 Å². The molecule has 47 heavy (non-hydrogen) atoms. The summed E-state index contributed by atoms with van der Waals surface area (Å²) in [5.41, 5.74) is 15.2. The minimum atomic E-state index is 0.00421. The van der Waals surface area contributed by atoms with E-state index in [1.54, 1.807) is 0 Å². The molecule has 0 bridgehead atoms. The molecule has 0 amide bonds. The third-order valence-corrected chi connectivity index (χ3v) is 10.5. The second-order valence-electron chi connectivity index (χ2n) is 13.4. The van der Waals surface area contributed by atoms with E-state index in [1.807, 2.05) is 0 Å². The summed E-state index contributed by atoms with van der Waals surface area (Å²) in [5.74, 6) is 0. The van der Waals surface area contributed by atoms with Crippen LogP contribution in [-0.2, 0) is 5.41 Å². The highest BCUT2D eigenvalue weighted by molar-refractivity contribution is 6.28. The number of hydrogen-bond acceptors (Lipinski definition) is 0. The molecular weight excluding hydrogens is 569 g/mol. The van der Waals surface area contributed by atoms with E-state index in [9.17, 15) is 0 Å². The van der Waals surface area contributed by atoms with Crippen molar-refractivity contribution in [2.45, 2.75) is 19.3 Å². The lowest BCUT2D eigenvalue weighted by Gasteiger charge is -2.21. The maximum absolute atomic E-state index is 2.45. The van der Waals surface area contributed by atoms with Crippen LogP contribution in [0.1, 0.15) is 25.0 Å². The van der Waals surface area contributed by atoms with Gasteiger partial charge in [0.1, 0.15) is 0 Å². The Kier molecular flexibility index (Phi) is 5.37. The minimum absolute atomic E-state index is 0.00421. The number of benzene rings is 7. The van der Waals surface area contributed by atoms with E-state index >= 15 is 0 Å². The van der Waals surface area contributed by atoms with Gasteiger partial charge in [0.05, 0.1) is 22.1 Å². The normalized spacial score (nSPS) is 13.5. The lowest BCUT2D eigenvalue weighted by Crippen LogP contribution is -2.14. The van der Waals surface area contributed by atoms with Crippen LogP contribution in [0.2, 0.25) is 0 Å². The van der Waals surface area contributed by atoms with E-state index in [4.69, 9.17) is 0 Å². The van der Waals surface area contributed by atoms with Crippen LogP contribution in [0, 0.1) is 0 Å². The Morgan fingerprint density at radius 2 is 0.936 bits per heavy atom. The first kappa shape index (κ1) is 26.4. The van der Waals surface area contributed by atoms with Gasteiger partial charge in [0.25, 0.3) is 0 Å². The van der Waals surface area contributed by atoms with Crippen LogP contribution < -0.4 is 0 Å². The van der Waals surface area contributed by atoms with Gasteiger partial charge in [-0.25, -0.2) is 0 Å². The molecule has 0 aliphatic heterocycles. The summed E-state index contributed by atoms with van der Waals surface area (Å²) in [4.78, 5) is 0. The summed E-state index contributed by atoms with van der Waals surface area (Å²) in [6.07, 6.45) is 0. The quantitative estimate of drug-likeness (QED) is 0.191. The van der Waals surface area contributed by atoms with Gasteiger partial charge in [0.2, 0.25) is 0 Å². The molecular formula is C45H32N2. The van der Waals surface area contributed by atoms with E-state index in [0.29, 0.717) is 0 Å². The van der Waals surface area contributed by atoms with Crippen LogP contribution in [0.25, 0.3) is 77.2 Å². The maximum atomic E-state index is 2.45. The standard InChI is InChI=1S/C45H32N2/c1-45(2)37-20-9-6-17-33(37)36-28-30(23-24-38(36)45)29-13-12-16-32(27-29)47-40-22-11-8-19-35(40)44-42(47)26-25-41-43(44)34-18-7-10-21-39(34)46(41)31-14-4-3-5-15-31/h3-28H,1-2H3. The predicted octanol–water partition coefficient (Wildman–Crippen LogP) is 11.9. The lowest BCUT2D eigenvalue weighted by atomic mass is 9.82. The molecule has 0 atom stereocenters. The number of para-hydroxylation sites is 3. The zero-order chi connectivity index (χ0) is 31.3. The van der Waals surface area contributed by atoms with Crippen molar-refractivity contribution in [3.63, 3.8) is 0 Å². The van der Waals surface area contributed by atoms with Crippen LogP contribution in [-0.4, -0.2) is 9.13 Å². The van der Waals surface area contributed by atoms with Gasteiger partial charge in [0, 0.05) is 38.3 Å². The predicted molar refractivity (Wildman–Crippen MR) is 198 cm³/mol. The van der Waals surface area contributed by atoms with Crippen LogP contribution in [0.3, 0.4) is 0 Å². The number of fused-ring (bicyclic) bond motifs is 10. The fraction of sp³-hybridized carbons (Fsp3) is 0.0667. The van der Waals surface area contributed by atoms with E-state index < -0.39 is 0 Å². The molecule has 2 nitrogen and oxygen atoms in total. The fourth-order valence-corrected chi connectivity index (χ4v) is 8.38. The highest BCUT2D eigenvalue weighted by Gasteiger charge is 2.35. The summed E-state index contributed by atoms with van der Waals surface area (Å²) < 4.78 is 4.86. The number of rotatable bonds is 3. The summed E-state index contributed by atoms with van der Waals surface area (Å²) in [6, 6.07) is 58.0. The molecule has 0 N–H and O–H groups in total. The molecule has 0 fully saturated rings. The second-order valence-corrected chi connectivity index (χ2v) is 13.4. The van der Waals surface area contributed by atoms with Crippen LogP contribution >= 0.6 is 0 Å². The Bertz CT molecular complexity index is 2700. The molecule has 0 saturated heterocycles. The van der Waals surface area contributed by atoms with Crippen molar-refractivity contribution in [3.05, 3.63) is 169 Å². The molecule has 0 unspecified atom stereocenters. The molecule has 0 radical (unpaired) electrons. The second kappa shape index (κ2) is 9.57. The zero-order valence-corrected chi connectivity index (χ0v) is 26.4. The molecule has 2 aromatic heterocycles. The highest BCUT2D eigenvalue weighted by atomic mass is 15.0. The van der Waals surface area contributed by atoms with Crippen molar-refractivity contribution < 1.29 is 0 Å². The third kappa shape index (κ3) is 3.61. The van der Waals surface area contributed by atoms with Gasteiger partial charge < -0.3 is 9.13 Å². The van der Waals surface area contributed by atoms with Crippen LogP contribution in [0.5, 0.6) is 0 Å². The van der Waals surface area contributed by atoms with E-state index in [1.165, 1.54) is 88.4 Å². The highest BCUT2D eigenvalue weighted by Crippen LogP contribution is 2.49. The maximum Gasteiger partial charge on any atom is 0.0548 e. The lowest BCUT2D eigenvalue weighted by molar-refractivity contribution is 0.660. The SMILES string of the molecule is CC1(C)c2ccccc2-c2cc(-c3cccc(-n4c5ccccc5c5c6c7ccccc7n(-c7ccccc7)c6ccc54)c3)ccc21. The summed E-state index contributed by atoms with van der Waals surface area (Å²) in [6.45, 7) is 4.68. The summed E-state index contributed by atoms with van der Waals surface area (Å²) in [7, 11) is 0. The summed E-state index contributed by atoms with van der Waals surface area (Å²) in [5, 5.41) is 5.14. The van der Waals surface area contributed by atoms with Gasteiger partial charge in [-0.1, -0.05) is 117 Å². The third-order valence-electron chi connectivity index (χ3n) is 10.5. The molecule has 0 spiro atoms. The number of nitrogens with zero attached hydrogens (tertiary/aromatic N) is 2. The van der Waals surface area contributed by atoms with Crippen molar-refractivity contribution in [1.82, 2.24) is 9.13 Å². The van der Waals surface area contributed by atoms with E-state index in [2.05, 4.69) is 181 Å². The molecule has 1 aliphatic carbocycles. The average Bonchev–Trinajstić information content (AvgIpc) is 3.72. The monoisotopic (exact) mass is 600 g/mol. The average molecular weight is 601 g/mol. The van der Waals surface area contributed by atoms with Crippen molar-refractivity contribution in [2.24, 2.45) is 0 Å². The number of aromatic nitrogens is 2. The van der Waals surface area contributed by atoms with Crippen molar-refractivity contribution in [1.29, 1.82) is 0 Å². The molecule has 7 aromatic carbocycles. The Morgan fingerprint density at radius 3 is 1.66 bits per heavy atom. The van der Waals surface area contributed by atoms with Gasteiger partial charge in [-0.3, -0.25) is 0 Å². The molecule has 222 valence electrons. The first-order valence-corrected chi connectivity index (χ1v) is 16.5. The Balaban J connectivity index is 1.22. The molecule has 9 aromatic rings. The largest absolute Gasteiger partial charge is 0.309 e. The Hall–Kier alpha value is -5.86. The van der Waals surface area contributed by atoms with Crippen molar-refractivity contribution in [2.75, 3.05) is 0 Å².